The van der Waals surface area contributed by atoms with Crippen LogP contribution in [-0.2, 0) is 12.7 Å². The molecule has 9 heteroatoms. The van der Waals surface area contributed by atoms with Gasteiger partial charge in [0.25, 0.3) is 0 Å². The molecule has 0 aliphatic heterocycles. The fraction of sp³-hybridized carbons (Fsp3) is 0.0833. The molecule has 1 heterocycles. The van der Waals surface area contributed by atoms with E-state index in [9.17, 15) is 18.0 Å². The van der Waals surface area contributed by atoms with E-state index in [0.717, 1.165) is 27.9 Å². The highest BCUT2D eigenvalue weighted by Crippen LogP contribution is 2.32. The Balaban J connectivity index is 1.69. The van der Waals surface area contributed by atoms with Gasteiger partial charge in [0.2, 0.25) is 0 Å². The number of aromatic nitrogens is 2. The topological polar surface area (TPSA) is 67.2 Å². The smallest absolute Gasteiger partial charge is 0.416 e. The lowest BCUT2D eigenvalue weighted by Crippen LogP contribution is -2.04. The van der Waals surface area contributed by atoms with E-state index in [-0.39, 0.29) is 5.56 Å². The van der Waals surface area contributed by atoms with Crippen LogP contribution in [0.15, 0.2) is 83.5 Å². The number of nitrogens with one attached hydrogen (secondary N) is 1. The van der Waals surface area contributed by atoms with Crippen LogP contribution in [-0.4, -0.2) is 20.9 Å². The second-order valence-corrected chi connectivity index (χ2v) is 8.15. The maximum atomic E-state index is 13.0. The van der Waals surface area contributed by atoms with Crippen LogP contribution in [0.2, 0.25) is 0 Å². The zero-order valence-electron chi connectivity index (χ0n) is 17.0. The standard InChI is InChI=1S/C24H17BrF3N3O2/c25-19-7-9-20(10-8-19)29-13-17-14-31(21-11-3-16(4-12-21)23(32)33)30-22(17)15-1-5-18(6-2-15)24(26,27)28/h1-12,14,29H,13H2,(H,32,33). The molecule has 0 aliphatic rings. The zero-order chi connectivity index (χ0) is 23.6. The average molecular weight is 516 g/mol. The minimum Gasteiger partial charge on any atom is -0.478 e. The molecule has 1 aromatic heterocycles. The zero-order valence-corrected chi connectivity index (χ0v) is 18.6. The summed E-state index contributed by atoms with van der Waals surface area (Å²) in [5, 5.41) is 17.0. The summed E-state index contributed by atoms with van der Waals surface area (Å²) in [4.78, 5) is 11.1. The van der Waals surface area contributed by atoms with Crippen LogP contribution in [0, 0.1) is 0 Å². The van der Waals surface area contributed by atoms with Crippen molar-refractivity contribution in [1.82, 2.24) is 9.78 Å². The molecule has 5 nitrogen and oxygen atoms in total. The van der Waals surface area contributed by atoms with Crippen LogP contribution in [0.1, 0.15) is 21.5 Å². The second-order valence-electron chi connectivity index (χ2n) is 7.24. The molecule has 0 saturated heterocycles. The van der Waals surface area contributed by atoms with Gasteiger partial charge in [-0.25, -0.2) is 9.48 Å². The first-order chi connectivity index (χ1) is 15.7. The number of nitrogens with zero attached hydrogens (tertiary/aromatic N) is 2. The van der Waals surface area contributed by atoms with Gasteiger partial charge in [0.1, 0.15) is 0 Å². The predicted octanol–water partition coefficient (Wildman–Crippen LogP) is 6.63. The number of anilines is 1. The van der Waals surface area contributed by atoms with Gasteiger partial charge in [-0.15, -0.1) is 0 Å². The average Bonchev–Trinajstić information content (AvgIpc) is 3.22. The van der Waals surface area contributed by atoms with Crippen LogP contribution in [0.4, 0.5) is 18.9 Å². The molecule has 3 aromatic carbocycles. The molecule has 0 bridgehead atoms. The molecule has 0 atom stereocenters. The van der Waals surface area contributed by atoms with Gasteiger partial charge in [0, 0.05) is 34.0 Å². The lowest BCUT2D eigenvalue weighted by atomic mass is 10.1. The summed E-state index contributed by atoms with van der Waals surface area (Å²) in [6.07, 6.45) is -2.65. The Labute approximate surface area is 195 Å². The van der Waals surface area contributed by atoms with Crippen LogP contribution >= 0.6 is 15.9 Å². The fourth-order valence-corrected chi connectivity index (χ4v) is 3.52. The van der Waals surface area contributed by atoms with Crippen LogP contribution in [0.25, 0.3) is 16.9 Å². The number of rotatable bonds is 6. The van der Waals surface area contributed by atoms with Gasteiger partial charge in [0.05, 0.1) is 22.5 Å². The first-order valence-corrected chi connectivity index (χ1v) is 10.6. The number of hydrogen-bond donors (Lipinski definition) is 2. The number of alkyl halides is 3. The van der Waals surface area contributed by atoms with Crippen molar-refractivity contribution in [2.45, 2.75) is 12.7 Å². The molecule has 0 spiro atoms. The quantitative estimate of drug-likeness (QED) is 0.302. The molecule has 168 valence electrons. The van der Waals surface area contributed by atoms with E-state index in [1.165, 1.54) is 24.3 Å². The van der Waals surface area contributed by atoms with Crippen molar-refractivity contribution in [3.63, 3.8) is 0 Å². The number of benzene rings is 3. The van der Waals surface area contributed by atoms with E-state index in [2.05, 4.69) is 26.3 Å². The summed E-state index contributed by atoms with van der Waals surface area (Å²) in [6, 6.07) is 18.6. The van der Waals surface area contributed by atoms with E-state index in [1.54, 1.807) is 23.0 Å². The molecule has 0 saturated carbocycles. The molecule has 0 aliphatic carbocycles. The number of hydrogen-bond acceptors (Lipinski definition) is 3. The van der Waals surface area contributed by atoms with Crippen LogP contribution < -0.4 is 5.32 Å². The summed E-state index contributed by atoms with van der Waals surface area (Å²) >= 11 is 3.39. The highest BCUT2D eigenvalue weighted by atomic mass is 79.9. The van der Waals surface area contributed by atoms with E-state index in [4.69, 9.17) is 5.11 Å². The van der Waals surface area contributed by atoms with E-state index in [0.29, 0.717) is 23.5 Å². The van der Waals surface area contributed by atoms with E-state index in [1.807, 2.05) is 24.3 Å². The summed E-state index contributed by atoms with van der Waals surface area (Å²) in [7, 11) is 0. The highest BCUT2D eigenvalue weighted by molar-refractivity contribution is 9.10. The molecule has 4 aromatic rings. The molecule has 0 radical (unpaired) electrons. The molecule has 0 unspecified atom stereocenters. The van der Waals surface area contributed by atoms with E-state index >= 15 is 0 Å². The molecule has 0 amide bonds. The van der Waals surface area contributed by atoms with Gasteiger partial charge in [-0.1, -0.05) is 28.1 Å². The third-order valence-electron chi connectivity index (χ3n) is 4.98. The molecule has 2 N–H and O–H groups in total. The first kappa shape index (κ1) is 22.6. The minimum atomic E-state index is -4.42. The van der Waals surface area contributed by atoms with Crippen molar-refractivity contribution in [2.24, 2.45) is 0 Å². The molecule has 4 rings (SSSR count). The Morgan fingerprint density at radius 1 is 0.970 bits per heavy atom. The third kappa shape index (κ3) is 5.25. The Morgan fingerprint density at radius 3 is 2.18 bits per heavy atom. The van der Waals surface area contributed by atoms with Gasteiger partial charge >= 0.3 is 12.1 Å². The minimum absolute atomic E-state index is 0.144. The van der Waals surface area contributed by atoms with Crippen LogP contribution in [0.3, 0.4) is 0 Å². The van der Waals surface area contributed by atoms with Crippen molar-refractivity contribution in [1.29, 1.82) is 0 Å². The van der Waals surface area contributed by atoms with Crippen LogP contribution in [0.5, 0.6) is 0 Å². The maximum Gasteiger partial charge on any atom is 0.416 e. The van der Waals surface area contributed by atoms with E-state index < -0.39 is 17.7 Å². The molecule has 33 heavy (non-hydrogen) atoms. The SMILES string of the molecule is O=C(O)c1ccc(-n2cc(CNc3ccc(Br)cc3)c(-c3ccc(C(F)(F)F)cc3)n2)cc1. The largest absolute Gasteiger partial charge is 0.478 e. The van der Waals surface area contributed by atoms with Gasteiger partial charge in [-0.2, -0.15) is 18.3 Å². The number of carboxylic acids is 1. The summed E-state index contributed by atoms with van der Waals surface area (Å²) in [5.41, 5.74) is 2.74. The molecule has 0 fully saturated rings. The van der Waals surface area contributed by atoms with Crippen molar-refractivity contribution < 1.29 is 23.1 Å². The van der Waals surface area contributed by atoms with Crippen molar-refractivity contribution in [2.75, 3.05) is 5.32 Å². The monoisotopic (exact) mass is 515 g/mol. The predicted molar refractivity (Wildman–Crippen MR) is 122 cm³/mol. The summed E-state index contributed by atoms with van der Waals surface area (Å²) in [5.74, 6) is -1.04. The second kappa shape index (κ2) is 9.11. The Kier molecular flexibility index (Phi) is 6.24. The van der Waals surface area contributed by atoms with Gasteiger partial charge < -0.3 is 10.4 Å². The summed E-state index contributed by atoms with van der Waals surface area (Å²) < 4.78 is 41.5. The van der Waals surface area contributed by atoms with Crippen molar-refractivity contribution >= 4 is 27.6 Å². The van der Waals surface area contributed by atoms with Gasteiger partial charge in [-0.05, 0) is 60.7 Å². The number of carboxylic acid groups (broad SMARTS) is 1. The number of halogens is 4. The van der Waals surface area contributed by atoms with Crippen molar-refractivity contribution in [3.8, 4) is 16.9 Å². The Morgan fingerprint density at radius 2 is 1.61 bits per heavy atom. The number of carbonyl (C=O) groups is 1. The lowest BCUT2D eigenvalue weighted by Gasteiger charge is -2.09. The molecular formula is C24H17BrF3N3O2. The van der Waals surface area contributed by atoms with Gasteiger partial charge in [-0.3, -0.25) is 0 Å². The normalized spacial score (nSPS) is 11.4. The lowest BCUT2D eigenvalue weighted by molar-refractivity contribution is -0.137. The van der Waals surface area contributed by atoms with Crippen molar-refractivity contribution in [3.05, 3.63) is 100 Å². The van der Waals surface area contributed by atoms with Gasteiger partial charge in [0.15, 0.2) is 0 Å². The third-order valence-corrected chi connectivity index (χ3v) is 5.51. The number of aromatic carboxylic acids is 1. The Bertz CT molecular complexity index is 1270. The fourth-order valence-electron chi connectivity index (χ4n) is 3.25. The Hall–Kier alpha value is -3.59. The summed E-state index contributed by atoms with van der Waals surface area (Å²) in [6.45, 7) is 0.380. The highest BCUT2D eigenvalue weighted by Gasteiger charge is 2.30. The first-order valence-electron chi connectivity index (χ1n) is 9.80. The molecular weight excluding hydrogens is 499 g/mol. The maximum absolute atomic E-state index is 13.0.